The third-order valence-electron chi connectivity index (χ3n) is 8.90. The van der Waals surface area contributed by atoms with Crippen LogP contribution >= 0.6 is 0 Å². The van der Waals surface area contributed by atoms with E-state index < -0.39 is 0 Å². The van der Waals surface area contributed by atoms with Gasteiger partial charge < -0.3 is 44.3 Å². The molecule has 4 rings (SSSR count). The zero-order valence-electron chi connectivity index (χ0n) is 30.6. The summed E-state index contributed by atoms with van der Waals surface area (Å²) in [6.07, 6.45) is 5.08. The molecule has 3 aromatic rings. The number of methoxy groups -OCH3 is 2. The van der Waals surface area contributed by atoms with E-state index in [1.54, 1.807) is 37.3 Å². The van der Waals surface area contributed by atoms with E-state index in [1.807, 2.05) is 62.4 Å². The van der Waals surface area contributed by atoms with E-state index in [0.29, 0.717) is 47.3 Å². The Labute approximate surface area is 297 Å². The first-order valence-corrected chi connectivity index (χ1v) is 17.7. The summed E-state index contributed by atoms with van der Waals surface area (Å²) in [5, 5.41) is 5.82. The van der Waals surface area contributed by atoms with Crippen LogP contribution < -0.4 is 29.7 Å². The molecule has 1 saturated heterocycles. The predicted molar refractivity (Wildman–Crippen MR) is 199 cm³/mol. The Morgan fingerprint density at radius 2 is 1.56 bits per heavy atom. The summed E-state index contributed by atoms with van der Waals surface area (Å²) in [5.74, 6) is 2.18. The van der Waals surface area contributed by atoms with Crippen molar-refractivity contribution in [2.24, 2.45) is 0 Å². The van der Waals surface area contributed by atoms with Crippen molar-refractivity contribution in [3.63, 3.8) is 0 Å². The number of nitrogens with zero attached hydrogens (tertiary/aromatic N) is 3. The van der Waals surface area contributed by atoms with E-state index in [-0.39, 0.29) is 24.1 Å². The molecule has 0 atom stereocenters. The number of piperidine rings is 1. The van der Waals surface area contributed by atoms with E-state index >= 15 is 0 Å². The van der Waals surface area contributed by atoms with Crippen LogP contribution in [0.25, 0.3) is 0 Å². The molecule has 1 fully saturated rings. The van der Waals surface area contributed by atoms with Crippen molar-refractivity contribution in [1.29, 1.82) is 0 Å². The van der Waals surface area contributed by atoms with Gasteiger partial charge in [-0.3, -0.25) is 4.79 Å². The second-order valence-corrected chi connectivity index (χ2v) is 12.9. The van der Waals surface area contributed by atoms with Gasteiger partial charge in [-0.05, 0) is 120 Å². The highest BCUT2D eigenvalue weighted by Gasteiger charge is 2.22. The molecule has 0 aliphatic carbocycles. The fraction of sp³-hybridized carbons (Fsp3) is 0.487. The Morgan fingerprint density at radius 3 is 2.18 bits per heavy atom. The van der Waals surface area contributed by atoms with Gasteiger partial charge in [-0.1, -0.05) is 13.8 Å². The summed E-state index contributed by atoms with van der Waals surface area (Å²) in [4.78, 5) is 32.6. The molecule has 0 bridgehead atoms. The van der Waals surface area contributed by atoms with Crippen LogP contribution in [0.2, 0.25) is 0 Å². The number of likely N-dealkylation sites (tertiary alicyclic amines) is 1. The Bertz CT molecular complexity index is 1470. The lowest BCUT2D eigenvalue weighted by atomic mass is 10.1. The van der Waals surface area contributed by atoms with Crippen molar-refractivity contribution in [1.82, 2.24) is 15.1 Å². The summed E-state index contributed by atoms with van der Waals surface area (Å²) in [7, 11) is 7.40. The number of carbonyl (C=O) groups is 2. The van der Waals surface area contributed by atoms with E-state index in [4.69, 9.17) is 18.9 Å². The van der Waals surface area contributed by atoms with Crippen molar-refractivity contribution in [3.05, 3.63) is 72.3 Å². The SMILES string of the molecule is CCC(CC)NC(=O)Nc1ccc(Oc2ccc(N(CCOC)C(=O)c3ccc(OC4CCN(CCCN(C)C)CC4)cc3)cc2)c(OC)c1. The van der Waals surface area contributed by atoms with Crippen LogP contribution in [0.15, 0.2) is 66.7 Å². The normalized spacial score (nSPS) is 13.7. The van der Waals surface area contributed by atoms with Crippen LogP contribution in [0.4, 0.5) is 16.2 Å². The molecule has 11 heteroatoms. The molecule has 1 aliphatic heterocycles. The number of hydrogen-bond acceptors (Lipinski definition) is 8. The molecule has 0 spiro atoms. The van der Waals surface area contributed by atoms with Crippen molar-refractivity contribution >= 4 is 23.3 Å². The van der Waals surface area contributed by atoms with Gasteiger partial charge in [0.2, 0.25) is 0 Å². The maximum Gasteiger partial charge on any atom is 0.319 e. The first-order valence-electron chi connectivity index (χ1n) is 17.7. The van der Waals surface area contributed by atoms with Gasteiger partial charge in [-0.25, -0.2) is 4.79 Å². The van der Waals surface area contributed by atoms with Gasteiger partial charge in [0.05, 0.1) is 13.7 Å². The lowest BCUT2D eigenvalue weighted by Gasteiger charge is -2.32. The van der Waals surface area contributed by atoms with Crippen LogP contribution in [0.5, 0.6) is 23.0 Å². The van der Waals surface area contributed by atoms with Gasteiger partial charge in [0.25, 0.3) is 5.91 Å². The Morgan fingerprint density at radius 1 is 0.880 bits per heavy atom. The lowest BCUT2D eigenvalue weighted by molar-refractivity contribution is 0.0972. The maximum atomic E-state index is 13.7. The predicted octanol–water partition coefficient (Wildman–Crippen LogP) is 6.89. The Kier molecular flexibility index (Phi) is 15.2. The molecule has 1 aliphatic rings. The molecule has 3 aromatic carbocycles. The van der Waals surface area contributed by atoms with E-state index in [9.17, 15) is 9.59 Å². The van der Waals surface area contributed by atoms with Gasteiger partial charge in [0, 0.05) is 55.8 Å². The minimum absolute atomic E-state index is 0.116. The van der Waals surface area contributed by atoms with Crippen LogP contribution in [0, 0.1) is 0 Å². The highest BCUT2D eigenvalue weighted by Crippen LogP contribution is 2.35. The minimum atomic E-state index is -0.264. The van der Waals surface area contributed by atoms with E-state index in [2.05, 4.69) is 34.5 Å². The van der Waals surface area contributed by atoms with Crippen LogP contribution in [0.1, 0.15) is 56.3 Å². The molecule has 50 heavy (non-hydrogen) atoms. The number of hydrogen-bond donors (Lipinski definition) is 2. The third kappa shape index (κ3) is 11.6. The molecule has 272 valence electrons. The molecule has 0 aromatic heterocycles. The van der Waals surface area contributed by atoms with Crippen LogP contribution in [-0.4, -0.2) is 102 Å². The van der Waals surface area contributed by atoms with Gasteiger partial charge in [0.1, 0.15) is 17.6 Å². The largest absolute Gasteiger partial charge is 0.493 e. The van der Waals surface area contributed by atoms with Crippen molar-refractivity contribution in [2.45, 2.75) is 58.1 Å². The van der Waals surface area contributed by atoms with Gasteiger partial charge >= 0.3 is 6.03 Å². The summed E-state index contributed by atoms with van der Waals surface area (Å²) in [6, 6.07) is 19.8. The molecule has 0 unspecified atom stereocenters. The summed E-state index contributed by atoms with van der Waals surface area (Å²) >= 11 is 0. The van der Waals surface area contributed by atoms with Crippen LogP contribution in [-0.2, 0) is 4.74 Å². The highest BCUT2D eigenvalue weighted by molar-refractivity contribution is 6.06. The number of carbonyl (C=O) groups excluding carboxylic acids is 2. The topological polar surface area (TPSA) is 105 Å². The fourth-order valence-electron chi connectivity index (χ4n) is 5.91. The second kappa shape index (κ2) is 19.8. The second-order valence-electron chi connectivity index (χ2n) is 12.9. The van der Waals surface area contributed by atoms with Crippen molar-refractivity contribution in [3.8, 4) is 23.0 Å². The van der Waals surface area contributed by atoms with Crippen molar-refractivity contribution in [2.75, 3.05) is 77.9 Å². The molecular weight excluding hydrogens is 634 g/mol. The zero-order valence-corrected chi connectivity index (χ0v) is 30.6. The molecule has 2 N–H and O–H groups in total. The molecule has 11 nitrogen and oxygen atoms in total. The summed E-state index contributed by atoms with van der Waals surface area (Å²) < 4.78 is 23.3. The number of benzene rings is 3. The summed E-state index contributed by atoms with van der Waals surface area (Å²) in [6.45, 7) is 9.16. The molecule has 1 heterocycles. The lowest BCUT2D eigenvalue weighted by Crippen LogP contribution is -2.39. The zero-order chi connectivity index (χ0) is 35.9. The minimum Gasteiger partial charge on any atom is -0.493 e. The number of anilines is 2. The fourth-order valence-corrected chi connectivity index (χ4v) is 5.91. The smallest absolute Gasteiger partial charge is 0.319 e. The Hall–Kier alpha value is -4.32. The molecular formula is C39H55N5O6. The number of amides is 3. The quantitative estimate of drug-likeness (QED) is 0.149. The Balaban J connectivity index is 1.35. The average molecular weight is 690 g/mol. The van der Waals surface area contributed by atoms with Gasteiger partial charge in [-0.2, -0.15) is 0 Å². The monoisotopic (exact) mass is 689 g/mol. The molecule has 0 radical (unpaired) electrons. The van der Waals surface area contributed by atoms with Gasteiger partial charge in [-0.15, -0.1) is 0 Å². The van der Waals surface area contributed by atoms with Crippen LogP contribution in [0.3, 0.4) is 0 Å². The highest BCUT2D eigenvalue weighted by atomic mass is 16.5. The molecule has 0 saturated carbocycles. The summed E-state index contributed by atoms with van der Waals surface area (Å²) in [5.41, 5.74) is 1.87. The van der Waals surface area contributed by atoms with Gasteiger partial charge in [0.15, 0.2) is 11.5 Å². The number of nitrogens with one attached hydrogen (secondary N) is 2. The third-order valence-corrected chi connectivity index (χ3v) is 8.90. The van der Waals surface area contributed by atoms with E-state index in [0.717, 1.165) is 57.6 Å². The van der Waals surface area contributed by atoms with E-state index in [1.165, 1.54) is 6.42 Å². The maximum absolute atomic E-state index is 13.7. The first kappa shape index (κ1) is 38.5. The number of rotatable bonds is 18. The van der Waals surface area contributed by atoms with Crippen molar-refractivity contribution < 1.29 is 28.5 Å². The standard InChI is InChI=1S/C39H55N5O6/c1-7-30(8-2)40-39(46)41-31-12-19-36(37(28-31)48-6)50-34-17-13-32(14-18-34)44(26-27-47-5)38(45)29-10-15-33(16-11-29)49-35-20-24-43(25-21-35)23-9-22-42(3)4/h10-19,28,30,35H,7-9,20-27H2,1-6H3,(H2,40,41,46). The molecule has 3 amide bonds. The average Bonchev–Trinajstić information content (AvgIpc) is 3.12. The number of urea groups is 1. The first-order chi connectivity index (χ1) is 24.2. The number of ether oxygens (including phenoxy) is 4.